The first-order valence-corrected chi connectivity index (χ1v) is 10.0. The van der Waals surface area contributed by atoms with E-state index in [0.717, 1.165) is 24.4 Å². The summed E-state index contributed by atoms with van der Waals surface area (Å²) in [6.45, 7) is 4.12. The molecular formula is C19H22N4O3S. The Morgan fingerprint density at radius 2 is 2.22 bits per heavy atom. The minimum atomic E-state index is -0.461. The van der Waals surface area contributed by atoms with E-state index in [2.05, 4.69) is 20.4 Å². The number of Topliss-reactive ketones (excluding diaryl/α,β-unsaturated/α-hetero) is 1. The molecule has 1 amide bonds. The van der Waals surface area contributed by atoms with E-state index >= 15 is 0 Å². The van der Waals surface area contributed by atoms with Crippen molar-refractivity contribution >= 4 is 28.2 Å². The monoisotopic (exact) mass is 386 g/mol. The molecule has 0 bridgehead atoms. The van der Waals surface area contributed by atoms with Crippen LogP contribution < -0.4 is 10.1 Å². The molecule has 3 heterocycles. The van der Waals surface area contributed by atoms with E-state index in [1.807, 2.05) is 31.2 Å². The van der Waals surface area contributed by atoms with Gasteiger partial charge in [0.05, 0.1) is 12.0 Å². The third-order valence-corrected chi connectivity index (χ3v) is 6.05. The van der Waals surface area contributed by atoms with Gasteiger partial charge >= 0.3 is 0 Å². The first-order chi connectivity index (χ1) is 13.1. The fourth-order valence-electron chi connectivity index (χ4n) is 3.68. The topological polar surface area (TPSA) is 84.4 Å². The molecule has 1 atom stereocenters. The molecule has 27 heavy (non-hydrogen) atoms. The Morgan fingerprint density at radius 3 is 3.04 bits per heavy atom. The average molecular weight is 386 g/mol. The summed E-state index contributed by atoms with van der Waals surface area (Å²) in [7, 11) is 0. The molecule has 1 saturated heterocycles. The lowest BCUT2D eigenvalue weighted by Gasteiger charge is -2.34. The number of ketones is 1. The standard InChI is InChI=1S/C19H22N4O3S/c1-2-17-21-22-18(27-17)20-16(25)7-9-23-10-8-19(12-23)11-14(24)13-5-3-4-6-15(13)26-19/h3-6H,2,7-12H2,1H3,(H,20,22,25)/t19-/m1/s1. The van der Waals surface area contributed by atoms with Crippen molar-refractivity contribution < 1.29 is 14.3 Å². The van der Waals surface area contributed by atoms with Crippen molar-refractivity contribution in [1.82, 2.24) is 15.1 Å². The summed E-state index contributed by atoms with van der Waals surface area (Å²) in [6, 6.07) is 7.43. The predicted molar refractivity (Wildman–Crippen MR) is 102 cm³/mol. The number of ether oxygens (including phenoxy) is 1. The van der Waals surface area contributed by atoms with Gasteiger partial charge in [-0.15, -0.1) is 10.2 Å². The number of carbonyl (C=O) groups excluding carboxylic acids is 2. The Morgan fingerprint density at radius 1 is 1.37 bits per heavy atom. The molecule has 4 rings (SSSR count). The Balaban J connectivity index is 1.31. The lowest BCUT2D eigenvalue weighted by atomic mass is 9.89. The van der Waals surface area contributed by atoms with E-state index in [9.17, 15) is 9.59 Å². The Bertz CT molecular complexity index is 868. The number of fused-ring (bicyclic) bond motifs is 1. The molecule has 0 radical (unpaired) electrons. The summed E-state index contributed by atoms with van der Waals surface area (Å²) in [6.07, 6.45) is 2.38. The van der Waals surface area contributed by atoms with Crippen LogP contribution in [0.15, 0.2) is 24.3 Å². The van der Waals surface area contributed by atoms with Gasteiger partial charge in [-0.25, -0.2) is 0 Å². The van der Waals surface area contributed by atoms with Crippen LogP contribution in [0.25, 0.3) is 0 Å². The van der Waals surface area contributed by atoms with Crippen LogP contribution in [-0.2, 0) is 11.2 Å². The lowest BCUT2D eigenvalue weighted by molar-refractivity contribution is -0.116. The number of hydrogen-bond donors (Lipinski definition) is 1. The molecule has 1 spiro atoms. The van der Waals surface area contributed by atoms with Gasteiger partial charge in [-0.3, -0.25) is 14.5 Å². The van der Waals surface area contributed by atoms with Gasteiger partial charge in [0.2, 0.25) is 11.0 Å². The van der Waals surface area contributed by atoms with Crippen molar-refractivity contribution in [2.75, 3.05) is 25.0 Å². The molecule has 1 aromatic heterocycles. The van der Waals surface area contributed by atoms with Crippen molar-refractivity contribution in [3.63, 3.8) is 0 Å². The number of nitrogens with one attached hydrogen (secondary N) is 1. The molecule has 0 unspecified atom stereocenters. The van der Waals surface area contributed by atoms with Gasteiger partial charge in [0, 0.05) is 32.5 Å². The summed E-state index contributed by atoms with van der Waals surface area (Å²) >= 11 is 1.41. The largest absolute Gasteiger partial charge is 0.485 e. The molecule has 0 saturated carbocycles. The van der Waals surface area contributed by atoms with Gasteiger partial charge in [-0.1, -0.05) is 30.4 Å². The number of likely N-dealkylation sites (tertiary alicyclic amines) is 1. The van der Waals surface area contributed by atoms with Gasteiger partial charge in [-0.2, -0.15) is 0 Å². The zero-order valence-corrected chi connectivity index (χ0v) is 16.1. The highest BCUT2D eigenvalue weighted by Gasteiger charge is 2.45. The highest BCUT2D eigenvalue weighted by molar-refractivity contribution is 7.15. The average Bonchev–Trinajstić information content (AvgIpc) is 3.27. The number of hydrogen-bond acceptors (Lipinski definition) is 7. The third kappa shape index (κ3) is 3.86. The molecular weight excluding hydrogens is 364 g/mol. The molecule has 142 valence electrons. The number of rotatable bonds is 5. The summed E-state index contributed by atoms with van der Waals surface area (Å²) < 4.78 is 6.22. The molecule has 1 aromatic carbocycles. The smallest absolute Gasteiger partial charge is 0.227 e. The molecule has 8 heteroatoms. The number of nitrogens with zero attached hydrogens (tertiary/aromatic N) is 3. The van der Waals surface area contributed by atoms with Crippen molar-refractivity contribution in [3.8, 4) is 5.75 Å². The second kappa shape index (κ2) is 7.36. The molecule has 1 fully saturated rings. The van der Waals surface area contributed by atoms with E-state index in [-0.39, 0.29) is 11.7 Å². The lowest BCUT2D eigenvalue weighted by Crippen LogP contribution is -2.44. The Hall–Kier alpha value is -2.32. The van der Waals surface area contributed by atoms with Crippen LogP contribution in [0, 0.1) is 0 Å². The zero-order valence-electron chi connectivity index (χ0n) is 15.2. The number of amides is 1. The SMILES string of the molecule is CCc1nnc(NC(=O)CCN2CC[C@@]3(CC(=O)c4ccccc4O3)C2)s1. The fraction of sp³-hybridized carbons (Fsp3) is 0.474. The van der Waals surface area contributed by atoms with E-state index < -0.39 is 5.60 Å². The normalized spacial score (nSPS) is 21.9. The van der Waals surface area contributed by atoms with Crippen LogP contribution in [0.5, 0.6) is 5.75 Å². The predicted octanol–water partition coefficient (Wildman–Crippen LogP) is 2.54. The number of benzene rings is 1. The molecule has 7 nitrogen and oxygen atoms in total. The van der Waals surface area contributed by atoms with E-state index in [1.54, 1.807) is 0 Å². The van der Waals surface area contributed by atoms with Crippen molar-refractivity contribution in [3.05, 3.63) is 34.8 Å². The van der Waals surface area contributed by atoms with Crippen LogP contribution in [0.3, 0.4) is 0 Å². The van der Waals surface area contributed by atoms with Crippen LogP contribution in [-0.4, -0.2) is 52.0 Å². The number of carbonyl (C=O) groups is 2. The van der Waals surface area contributed by atoms with Gasteiger partial charge in [0.1, 0.15) is 16.4 Å². The number of anilines is 1. The Labute approximate surface area is 161 Å². The van der Waals surface area contributed by atoms with Gasteiger partial charge in [0.15, 0.2) is 5.78 Å². The van der Waals surface area contributed by atoms with Crippen LogP contribution in [0.2, 0.25) is 0 Å². The minimum Gasteiger partial charge on any atom is -0.485 e. The Kier molecular flexibility index (Phi) is 4.92. The molecule has 0 aliphatic carbocycles. The first-order valence-electron chi connectivity index (χ1n) is 9.23. The second-order valence-corrected chi connectivity index (χ2v) is 8.12. The molecule has 2 aliphatic heterocycles. The zero-order chi connectivity index (χ0) is 18.9. The maximum Gasteiger partial charge on any atom is 0.227 e. The minimum absolute atomic E-state index is 0.0688. The summed E-state index contributed by atoms with van der Waals surface area (Å²) in [5.41, 5.74) is 0.210. The summed E-state index contributed by atoms with van der Waals surface area (Å²) in [5, 5.41) is 12.2. The van der Waals surface area contributed by atoms with Gasteiger partial charge in [-0.05, 0) is 18.6 Å². The number of aromatic nitrogens is 2. The van der Waals surface area contributed by atoms with Crippen LogP contribution >= 0.6 is 11.3 Å². The molecule has 2 aromatic rings. The molecule has 2 aliphatic rings. The van der Waals surface area contributed by atoms with E-state index in [1.165, 1.54) is 11.3 Å². The van der Waals surface area contributed by atoms with E-state index in [0.29, 0.717) is 42.4 Å². The first kappa shape index (κ1) is 18.1. The quantitative estimate of drug-likeness (QED) is 0.850. The van der Waals surface area contributed by atoms with Gasteiger partial charge in [0.25, 0.3) is 0 Å². The van der Waals surface area contributed by atoms with Crippen molar-refractivity contribution in [1.29, 1.82) is 0 Å². The fourth-order valence-corrected chi connectivity index (χ4v) is 4.37. The highest BCUT2D eigenvalue weighted by atomic mass is 32.1. The third-order valence-electron chi connectivity index (χ3n) is 5.06. The summed E-state index contributed by atoms with van der Waals surface area (Å²) in [5.74, 6) is 0.747. The molecule has 1 N–H and O–H groups in total. The number of aryl methyl sites for hydroxylation is 1. The van der Waals surface area contributed by atoms with Crippen molar-refractivity contribution in [2.24, 2.45) is 0 Å². The van der Waals surface area contributed by atoms with Gasteiger partial charge < -0.3 is 10.1 Å². The maximum absolute atomic E-state index is 12.5. The number of para-hydroxylation sites is 1. The van der Waals surface area contributed by atoms with Crippen LogP contribution in [0.4, 0.5) is 5.13 Å². The summed E-state index contributed by atoms with van der Waals surface area (Å²) in [4.78, 5) is 26.8. The van der Waals surface area contributed by atoms with Crippen molar-refractivity contribution in [2.45, 2.75) is 38.2 Å². The second-order valence-electron chi connectivity index (χ2n) is 7.06. The van der Waals surface area contributed by atoms with E-state index in [4.69, 9.17) is 4.74 Å². The van der Waals surface area contributed by atoms with Crippen LogP contribution in [0.1, 0.15) is 41.6 Å². The highest BCUT2D eigenvalue weighted by Crippen LogP contribution is 2.38. The maximum atomic E-state index is 12.5.